The van der Waals surface area contributed by atoms with E-state index in [0.717, 1.165) is 18.4 Å². The average molecular weight is 260 g/mol. The maximum absolute atomic E-state index is 12.2. The van der Waals surface area contributed by atoms with E-state index in [9.17, 15) is 4.79 Å². The Labute approximate surface area is 111 Å². The van der Waals surface area contributed by atoms with Crippen molar-refractivity contribution in [2.24, 2.45) is 11.8 Å². The predicted molar refractivity (Wildman–Crippen MR) is 66.0 cm³/mol. The van der Waals surface area contributed by atoms with Crippen molar-refractivity contribution in [2.75, 3.05) is 6.61 Å². The summed E-state index contributed by atoms with van der Waals surface area (Å²) in [7, 11) is 0. The first-order chi connectivity index (χ1) is 9.27. The highest BCUT2D eigenvalue weighted by molar-refractivity contribution is 5.74. The Bertz CT molecular complexity index is 494. The van der Waals surface area contributed by atoms with Crippen LogP contribution in [0.4, 0.5) is 0 Å². The van der Waals surface area contributed by atoms with Gasteiger partial charge in [-0.2, -0.15) is 0 Å². The lowest BCUT2D eigenvalue weighted by Crippen LogP contribution is -2.36. The van der Waals surface area contributed by atoms with E-state index in [4.69, 9.17) is 14.2 Å². The highest BCUT2D eigenvalue weighted by Crippen LogP contribution is 2.56. The largest absolute Gasteiger partial charge is 0.461 e. The van der Waals surface area contributed by atoms with Crippen LogP contribution in [-0.2, 0) is 25.6 Å². The van der Waals surface area contributed by atoms with E-state index in [1.54, 1.807) is 0 Å². The molecule has 3 aliphatic rings. The molecule has 3 fully saturated rings. The van der Waals surface area contributed by atoms with Crippen molar-refractivity contribution in [2.45, 2.75) is 31.3 Å². The number of ether oxygens (including phenoxy) is 3. The summed E-state index contributed by atoms with van der Waals surface area (Å²) < 4.78 is 16.6. The van der Waals surface area contributed by atoms with E-state index in [1.807, 2.05) is 30.3 Å². The first-order valence-corrected chi connectivity index (χ1v) is 6.79. The number of hydrogen-bond donors (Lipinski definition) is 0. The Morgan fingerprint density at radius 2 is 2.11 bits per heavy atom. The van der Waals surface area contributed by atoms with E-state index < -0.39 is 5.79 Å². The van der Waals surface area contributed by atoms with Crippen molar-refractivity contribution in [1.82, 2.24) is 0 Å². The summed E-state index contributed by atoms with van der Waals surface area (Å²) in [6.45, 7) is 0.985. The highest BCUT2D eigenvalue weighted by Gasteiger charge is 2.67. The van der Waals surface area contributed by atoms with Crippen LogP contribution in [0.2, 0.25) is 0 Å². The molecule has 2 aliphatic heterocycles. The molecule has 4 rings (SSSR count). The normalized spacial score (nSPS) is 38.6. The topological polar surface area (TPSA) is 48.1 Å². The lowest BCUT2D eigenvalue weighted by Gasteiger charge is -2.25. The number of fused-ring (bicyclic) bond motifs is 3. The van der Waals surface area contributed by atoms with Gasteiger partial charge in [0.05, 0.1) is 12.0 Å². The Kier molecular flexibility index (Phi) is 2.44. The summed E-state index contributed by atoms with van der Waals surface area (Å²) in [6.07, 6.45) is 1.90. The fourth-order valence-electron chi connectivity index (χ4n) is 3.39. The molecule has 2 saturated heterocycles. The number of hydrogen-bond acceptors (Lipinski definition) is 4. The molecule has 19 heavy (non-hydrogen) atoms. The maximum Gasteiger partial charge on any atom is 0.309 e. The highest BCUT2D eigenvalue weighted by atomic mass is 16.8. The lowest BCUT2D eigenvalue weighted by molar-refractivity contribution is -0.162. The number of esters is 1. The van der Waals surface area contributed by atoms with Gasteiger partial charge in [-0.25, -0.2) is 0 Å². The van der Waals surface area contributed by atoms with E-state index in [-0.39, 0.29) is 23.9 Å². The zero-order valence-corrected chi connectivity index (χ0v) is 10.6. The minimum atomic E-state index is -0.431. The van der Waals surface area contributed by atoms with E-state index in [0.29, 0.717) is 13.2 Å². The first kappa shape index (κ1) is 11.4. The molecule has 100 valence electrons. The summed E-state index contributed by atoms with van der Waals surface area (Å²) in [6, 6.07) is 9.77. The second-order valence-electron chi connectivity index (χ2n) is 5.62. The Balaban J connectivity index is 1.39. The Morgan fingerprint density at radius 3 is 2.79 bits per heavy atom. The van der Waals surface area contributed by atoms with E-state index in [2.05, 4.69) is 0 Å². The molecule has 0 aromatic heterocycles. The number of benzene rings is 1. The lowest BCUT2D eigenvalue weighted by atomic mass is 9.91. The van der Waals surface area contributed by atoms with Crippen LogP contribution in [0.3, 0.4) is 0 Å². The van der Waals surface area contributed by atoms with Crippen LogP contribution in [0, 0.1) is 11.8 Å². The molecule has 1 aliphatic carbocycles. The first-order valence-electron chi connectivity index (χ1n) is 6.79. The number of carbonyl (C=O) groups is 1. The van der Waals surface area contributed by atoms with Crippen LogP contribution in [0.25, 0.3) is 0 Å². The Morgan fingerprint density at radius 1 is 1.32 bits per heavy atom. The minimum Gasteiger partial charge on any atom is -0.461 e. The van der Waals surface area contributed by atoms with Gasteiger partial charge in [-0.1, -0.05) is 30.3 Å². The number of epoxide rings is 1. The van der Waals surface area contributed by atoms with Crippen LogP contribution in [-0.4, -0.2) is 24.5 Å². The monoisotopic (exact) mass is 260 g/mol. The number of rotatable bonds is 3. The second-order valence-corrected chi connectivity index (χ2v) is 5.62. The fraction of sp³-hybridized carbons (Fsp3) is 0.533. The molecule has 0 amide bonds. The summed E-state index contributed by atoms with van der Waals surface area (Å²) in [5.74, 6) is -0.389. The molecule has 1 aromatic rings. The van der Waals surface area contributed by atoms with E-state index in [1.165, 1.54) is 0 Å². The second kappa shape index (κ2) is 4.05. The van der Waals surface area contributed by atoms with Crippen LogP contribution in [0.1, 0.15) is 18.4 Å². The van der Waals surface area contributed by atoms with Gasteiger partial charge in [-0.3, -0.25) is 4.79 Å². The minimum absolute atomic E-state index is 0.0510. The van der Waals surface area contributed by atoms with Gasteiger partial charge < -0.3 is 14.2 Å². The third kappa shape index (κ3) is 1.86. The average Bonchev–Trinajstić information content (AvgIpc) is 2.94. The van der Waals surface area contributed by atoms with Gasteiger partial charge in [0.2, 0.25) is 0 Å². The zero-order chi connectivity index (χ0) is 12.9. The molecular formula is C15H16O4. The number of carbonyl (C=O) groups excluding carboxylic acids is 1. The molecule has 4 unspecified atom stereocenters. The Hall–Kier alpha value is -1.39. The maximum atomic E-state index is 12.2. The summed E-state index contributed by atoms with van der Waals surface area (Å²) >= 11 is 0. The summed E-state index contributed by atoms with van der Waals surface area (Å²) in [4.78, 5) is 12.2. The van der Waals surface area contributed by atoms with Gasteiger partial charge in [0.1, 0.15) is 13.2 Å². The van der Waals surface area contributed by atoms with Crippen molar-refractivity contribution in [1.29, 1.82) is 0 Å². The van der Waals surface area contributed by atoms with Crippen molar-refractivity contribution >= 4 is 5.97 Å². The molecule has 4 atom stereocenters. The standard InChI is InChI=1S/C15H16O4/c16-14(17-8-10-4-2-1-3-5-10)12-6-11-7-13(12)15(19-11)9-18-15/h1-5,11-13H,6-9H2. The van der Waals surface area contributed by atoms with Crippen LogP contribution in [0.15, 0.2) is 30.3 Å². The molecule has 4 nitrogen and oxygen atoms in total. The molecule has 1 aromatic carbocycles. The van der Waals surface area contributed by atoms with Crippen molar-refractivity contribution in [3.05, 3.63) is 35.9 Å². The van der Waals surface area contributed by atoms with Crippen molar-refractivity contribution in [3.63, 3.8) is 0 Å². The van der Waals surface area contributed by atoms with Gasteiger partial charge in [0.25, 0.3) is 0 Å². The molecule has 0 N–H and O–H groups in total. The fourth-order valence-corrected chi connectivity index (χ4v) is 3.39. The quantitative estimate of drug-likeness (QED) is 0.615. The van der Waals surface area contributed by atoms with Crippen molar-refractivity contribution in [3.8, 4) is 0 Å². The molecule has 0 radical (unpaired) electrons. The molecule has 2 heterocycles. The molecular weight excluding hydrogens is 244 g/mol. The van der Waals surface area contributed by atoms with Gasteiger partial charge in [-0.15, -0.1) is 0 Å². The van der Waals surface area contributed by atoms with Gasteiger partial charge in [-0.05, 0) is 18.4 Å². The predicted octanol–water partition coefficient (Wildman–Crippen LogP) is 1.88. The van der Waals surface area contributed by atoms with Gasteiger partial charge >= 0.3 is 5.97 Å². The molecule has 1 saturated carbocycles. The van der Waals surface area contributed by atoms with Crippen LogP contribution < -0.4 is 0 Å². The van der Waals surface area contributed by atoms with Gasteiger partial charge in [0.15, 0.2) is 5.79 Å². The molecule has 2 bridgehead atoms. The molecule has 1 spiro atoms. The van der Waals surface area contributed by atoms with Crippen molar-refractivity contribution < 1.29 is 19.0 Å². The third-order valence-electron chi connectivity index (χ3n) is 4.41. The van der Waals surface area contributed by atoms with Gasteiger partial charge in [0, 0.05) is 5.92 Å². The van der Waals surface area contributed by atoms with Crippen LogP contribution in [0.5, 0.6) is 0 Å². The summed E-state index contributed by atoms with van der Waals surface area (Å²) in [5, 5.41) is 0. The van der Waals surface area contributed by atoms with Crippen LogP contribution >= 0.6 is 0 Å². The van der Waals surface area contributed by atoms with E-state index >= 15 is 0 Å². The molecule has 4 heteroatoms. The smallest absolute Gasteiger partial charge is 0.309 e. The summed E-state index contributed by atoms with van der Waals surface area (Å²) in [5.41, 5.74) is 1.02. The zero-order valence-electron chi connectivity index (χ0n) is 10.6. The SMILES string of the molecule is O=C(OCc1ccccc1)C1CC2CC1C1(CO1)O2. The third-order valence-corrected chi connectivity index (χ3v) is 4.41.